The number of likely N-dealkylation sites (tertiary alicyclic amines) is 1. The van der Waals surface area contributed by atoms with Crippen molar-refractivity contribution in [3.05, 3.63) is 0 Å². The van der Waals surface area contributed by atoms with Crippen molar-refractivity contribution < 1.29 is 4.79 Å². The van der Waals surface area contributed by atoms with E-state index in [2.05, 4.69) is 17.1 Å². The van der Waals surface area contributed by atoms with E-state index in [0.717, 1.165) is 25.9 Å². The molecule has 4 heteroatoms. The average molecular weight is 255 g/mol. The lowest BCUT2D eigenvalue weighted by Gasteiger charge is -2.39. The molecule has 1 rings (SSSR count). The van der Waals surface area contributed by atoms with E-state index in [1.54, 1.807) is 0 Å². The Morgan fingerprint density at radius 1 is 1.50 bits per heavy atom. The molecular weight excluding hydrogens is 226 g/mol. The minimum atomic E-state index is -0.165. The first-order valence-corrected chi connectivity index (χ1v) is 7.06. The van der Waals surface area contributed by atoms with E-state index in [-0.39, 0.29) is 17.5 Å². The van der Waals surface area contributed by atoms with E-state index in [4.69, 9.17) is 5.73 Å². The van der Waals surface area contributed by atoms with Gasteiger partial charge in [-0.3, -0.25) is 9.69 Å². The van der Waals surface area contributed by atoms with Crippen molar-refractivity contribution in [1.82, 2.24) is 10.2 Å². The molecule has 1 amide bonds. The second-order valence-electron chi connectivity index (χ2n) is 6.53. The van der Waals surface area contributed by atoms with Gasteiger partial charge in [-0.25, -0.2) is 0 Å². The molecule has 18 heavy (non-hydrogen) atoms. The highest BCUT2D eigenvalue weighted by atomic mass is 16.2. The Labute approximate surface area is 111 Å². The molecule has 106 valence electrons. The fourth-order valence-electron chi connectivity index (χ4n) is 2.50. The summed E-state index contributed by atoms with van der Waals surface area (Å²) in [6.07, 6.45) is 2.08. The van der Waals surface area contributed by atoms with Crippen molar-refractivity contribution in [1.29, 1.82) is 0 Å². The van der Waals surface area contributed by atoms with Crippen LogP contribution in [0.2, 0.25) is 0 Å². The maximum atomic E-state index is 12.2. The Hall–Kier alpha value is -0.610. The van der Waals surface area contributed by atoms with Gasteiger partial charge in [-0.1, -0.05) is 13.3 Å². The lowest BCUT2D eigenvalue weighted by atomic mass is 9.90. The second-order valence-corrected chi connectivity index (χ2v) is 6.53. The van der Waals surface area contributed by atoms with Crippen LogP contribution >= 0.6 is 0 Å². The zero-order valence-corrected chi connectivity index (χ0v) is 12.5. The fraction of sp³-hybridized carbons (Fsp3) is 0.929. The van der Waals surface area contributed by atoms with Crippen LogP contribution in [0.3, 0.4) is 0 Å². The molecule has 3 N–H and O–H groups in total. The Bertz CT molecular complexity index is 285. The molecule has 1 aliphatic rings. The minimum absolute atomic E-state index is 0.0641. The van der Waals surface area contributed by atoms with Gasteiger partial charge >= 0.3 is 0 Å². The van der Waals surface area contributed by atoms with Gasteiger partial charge in [-0.05, 0) is 40.0 Å². The quantitative estimate of drug-likeness (QED) is 0.800. The van der Waals surface area contributed by atoms with Gasteiger partial charge in [0.15, 0.2) is 0 Å². The maximum absolute atomic E-state index is 12.2. The average Bonchev–Trinajstić information content (AvgIpc) is 2.26. The monoisotopic (exact) mass is 255 g/mol. The Morgan fingerprint density at radius 2 is 2.11 bits per heavy atom. The highest BCUT2D eigenvalue weighted by molar-refractivity contribution is 5.81. The first-order valence-electron chi connectivity index (χ1n) is 7.06. The predicted molar refractivity (Wildman–Crippen MR) is 75.3 cm³/mol. The number of rotatable bonds is 3. The zero-order valence-electron chi connectivity index (χ0n) is 12.5. The third-order valence-corrected chi connectivity index (χ3v) is 3.77. The molecule has 1 aliphatic heterocycles. The summed E-state index contributed by atoms with van der Waals surface area (Å²) in [4.78, 5) is 14.4. The van der Waals surface area contributed by atoms with Crippen molar-refractivity contribution in [3.8, 4) is 0 Å². The zero-order chi connectivity index (χ0) is 13.9. The van der Waals surface area contributed by atoms with E-state index in [1.165, 1.54) is 0 Å². The Morgan fingerprint density at radius 3 is 2.61 bits per heavy atom. The number of hydrogen-bond acceptors (Lipinski definition) is 3. The number of nitrogens with two attached hydrogens (primary N) is 1. The van der Waals surface area contributed by atoms with Gasteiger partial charge in [0, 0.05) is 24.7 Å². The van der Waals surface area contributed by atoms with Crippen molar-refractivity contribution in [2.45, 2.75) is 65.1 Å². The number of hydrogen-bond donors (Lipinski definition) is 2. The van der Waals surface area contributed by atoms with E-state index in [9.17, 15) is 4.79 Å². The molecule has 0 aromatic rings. The molecule has 1 saturated heterocycles. The van der Waals surface area contributed by atoms with Gasteiger partial charge < -0.3 is 11.1 Å². The van der Waals surface area contributed by atoms with Crippen molar-refractivity contribution >= 4 is 5.91 Å². The molecule has 1 heterocycles. The largest absolute Gasteiger partial charge is 0.350 e. The summed E-state index contributed by atoms with van der Waals surface area (Å²) in [5.74, 6) is 0.636. The SMILES string of the molecule is CCC1CN(C(C)C(=O)NC(C)(C)C)CCC1N. The van der Waals surface area contributed by atoms with Crippen LogP contribution in [0.5, 0.6) is 0 Å². The molecule has 0 aliphatic carbocycles. The lowest BCUT2D eigenvalue weighted by Crippen LogP contribution is -2.56. The van der Waals surface area contributed by atoms with Crippen LogP contribution in [0.1, 0.15) is 47.5 Å². The van der Waals surface area contributed by atoms with Crippen LogP contribution in [-0.4, -0.2) is 41.5 Å². The normalized spacial score (nSPS) is 27.9. The van der Waals surface area contributed by atoms with Crippen molar-refractivity contribution in [2.24, 2.45) is 11.7 Å². The Kier molecular flexibility index (Phi) is 5.17. The minimum Gasteiger partial charge on any atom is -0.350 e. The molecule has 0 bridgehead atoms. The van der Waals surface area contributed by atoms with Crippen LogP contribution < -0.4 is 11.1 Å². The van der Waals surface area contributed by atoms with Crippen LogP contribution in [0.15, 0.2) is 0 Å². The van der Waals surface area contributed by atoms with Gasteiger partial charge in [0.25, 0.3) is 0 Å². The number of carbonyl (C=O) groups excluding carboxylic acids is 1. The molecule has 3 atom stereocenters. The molecule has 3 unspecified atom stereocenters. The number of piperidine rings is 1. The van der Waals surface area contributed by atoms with Crippen molar-refractivity contribution in [2.75, 3.05) is 13.1 Å². The molecule has 0 spiro atoms. The summed E-state index contributed by atoms with van der Waals surface area (Å²) in [7, 11) is 0. The Balaban J connectivity index is 2.56. The van der Waals surface area contributed by atoms with Gasteiger partial charge in [-0.2, -0.15) is 0 Å². The summed E-state index contributed by atoms with van der Waals surface area (Å²) in [6, 6.07) is 0.231. The fourth-order valence-corrected chi connectivity index (χ4v) is 2.50. The highest BCUT2D eigenvalue weighted by Gasteiger charge is 2.31. The van der Waals surface area contributed by atoms with Gasteiger partial charge in [0.05, 0.1) is 6.04 Å². The topological polar surface area (TPSA) is 58.4 Å². The maximum Gasteiger partial charge on any atom is 0.237 e. The molecule has 0 aromatic heterocycles. The number of carbonyl (C=O) groups is 1. The van der Waals surface area contributed by atoms with Gasteiger partial charge in [0.2, 0.25) is 5.91 Å². The first kappa shape index (κ1) is 15.4. The predicted octanol–water partition coefficient (Wildman–Crippen LogP) is 1.35. The molecule has 1 fully saturated rings. The van der Waals surface area contributed by atoms with E-state index >= 15 is 0 Å². The van der Waals surface area contributed by atoms with Crippen LogP contribution in [-0.2, 0) is 4.79 Å². The number of nitrogens with zero attached hydrogens (tertiary/aromatic N) is 1. The summed E-state index contributed by atoms with van der Waals surface area (Å²) in [5, 5.41) is 3.05. The molecular formula is C14H29N3O. The van der Waals surface area contributed by atoms with Gasteiger partial charge in [0.1, 0.15) is 0 Å². The van der Waals surface area contributed by atoms with Crippen molar-refractivity contribution in [3.63, 3.8) is 0 Å². The molecule has 0 saturated carbocycles. The third kappa shape index (κ3) is 4.25. The standard InChI is InChI=1S/C14H29N3O/c1-6-11-9-17(8-7-12(11)15)10(2)13(18)16-14(3,4)5/h10-12H,6-9,15H2,1-5H3,(H,16,18). The molecule has 0 radical (unpaired) electrons. The van der Waals surface area contributed by atoms with E-state index in [0.29, 0.717) is 12.0 Å². The van der Waals surface area contributed by atoms with E-state index < -0.39 is 0 Å². The van der Waals surface area contributed by atoms with E-state index in [1.807, 2.05) is 27.7 Å². The van der Waals surface area contributed by atoms with Crippen LogP contribution in [0.4, 0.5) is 0 Å². The summed E-state index contributed by atoms with van der Waals surface area (Å²) >= 11 is 0. The first-order chi connectivity index (χ1) is 8.24. The number of amides is 1. The van der Waals surface area contributed by atoms with Crippen LogP contribution in [0.25, 0.3) is 0 Å². The second kappa shape index (κ2) is 6.02. The van der Waals surface area contributed by atoms with Gasteiger partial charge in [-0.15, -0.1) is 0 Å². The lowest BCUT2D eigenvalue weighted by molar-refractivity contribution is -0.128. The summed E-state index contributed by atoms with van der Waals surface area (Å²) < 4.78 is 0. The molecule has 4 nitrogen and oxygen atoms in total. The number of nitrogens with one attached hydrogen (secondary N) is 1. The summed E-state index contributed by atoms with van der Waals surface area (Å²) in [5.41, 5.74) is 5.94. The summed E-state index contributed by atoms with van der Waals surface area (Å²) in [6.45, 7) is 12.1. The smallest absolute Gasteiger partial charge is 0.237 e. The highest BCUT2D eigenvalue weighted by Crippen LogP contribution is 2.20. The molecule has 0 aromatic carbocycles. The third-order valence-electron chi connectivity index (χ3n) is 3.77. The van der Waals surface area contributed by atoms with Crippen LogP contribution in [0, 0.1) is 5.92 Å².